The molecule has 5 nitrogen and oxygen atoms in total. The fourth-order valence-corrected chi connectivity index (χ4v) is 2.83. The fraction of sp³-hybridized carbons (Fsp3) is 0.375. The predicted molar refractivity (Wildman–Crippen MR) is 81.5 cm³/mol. The Morgan fingerprint density at radius 1 is 1.38 bits per heavy atom. The Balaban J connectivity index is 1.68. The van der Waals surface area contributed by atoms with E-state index in [4.69, 9.17) is 0 Å². The van der Waals surface area contributed by atoms with Crippen LogP contribution in [0, 0.1) is 5.92 Å². The van der Waals surface area contributed by atoms with Crippen LogP contribution in [-0.4, -0.2) is 47.3 Å². The van der Waals surface area contributed by atoms with E-state index in [9.17, 15) is 4.79 Å². The molecule has 3 rings (SSSR count). The van der Waals surface area contributed by atoms with E-state index in [1.807, 2.05) is 48.5 Å². The molecule has 0 bridgehead atoms. The third-order valence-electron chi connectivity index (χ3n) is 3.95. The topological polar surface area (TPSA) is 50.2 Å². The third kappa shape index (κ3) is 2.97. The molecule has 1 amide bonds. The minimum absolute atomic E-state index is 0.126. The van der Waals surface area contributed by atoms with Gasteiger partial charge in [0.2, 0.25) is 0 Å². The first-order valence-electron chi connectivity index (χ1n) is 7.32. The molecule has 1 saturated heterocycles. The monoisotopic (exact) mass is 284 g/mol. The van der Waals surface area contributed by atoms with E-state index in [0.29, 0.717) is 5.92 Å². The highest BCUT2D eigenvalue weighted by atomic mass is 16.2. The molecule has 21 heavy (non-hydrogen) atoms. The van der Waals surface area contributed by atoms with Crippen LogP contribution < -0.4 is 5.32 Å². The van der Waals surface area contributed by atoms with Gasteiger partial charge in [-0.1, -0.05) is 0 Å². The average Bonchev–Trinajstić information content (AvgIpc) is 3.19. The summed E-state index contributed by atoms with van der Waals surface area (Å²) in [5.41, 5.74) is 1.71. The number of amides is 1. The number of benzene rings is 1. The van der Waals surface area contributed by atoms with Crippen LogP contribution in [0.4, 0.5) is 0 Å². The van der Waals surface area contributed by atoms with Gasteiger partial charge in [-0.05, 0) is 56.3 Å². The number of rotatable bonds is 4. The zero-order valence-corrected chi connectivity index (χ0v) is 12.2. The van der Waals surface area contributed by atoms with Crippen LogP contribution in [0.2, 0.25) is 0 Å². The zero-order valence-electron chi connectivity index (χ0n) is 12.2. The number of carbonyl (C=O) groups is 1. The predicted octanol–water partition coefficient (Wildman–Crippen LogP) is 1.55. The van der Waals surface area contributed by atoms with Crippen molar-refractivity contribution in [2.45, 2.75) is 6.42 Å². The molecule has 0 saturated carbocycles. The van der Waals surface area contributed by atoms with Crippen LogP contribution in [0.1, 0.15) is 16.8 Å². The van der Waals surface area contributed by atoms with Crippen molar-refractivity contribution in [2.24, 2.45) is 5.92 Å². The maximum atomic E-state index is 12.5. The normalized spacial score (nSPS) is 18.1. The Hall–Kier alpha value is -2.14. The number of hydrogen-bond acceptors (Lipinski definition) is 3. The summed E-state index contributed by atoms with van der Waals surface area (Å²) in [6, 6.07) is 9.50. The minimum Gasteiger partial charge on any atom is -0.338 e. The number of aromatic nitrogens is 2. The number of carbonyl (C=O) groups excluding carboxylic acids is 1. The summed E-state index contributed by atoms with van der Waals surface area (Å²) in [5.74, 6) is 0.697. The summed E-state index contributed by atoms with van der Waals surface area (Å²) in [4.78, 5) is 14.4. The van der Waals surface area contributed by atoms with Crippen molar-refractivity contribution in [1.29, 1.82) is 0 Å². The van der Waals surface area contributed by atoms with Crippen molar-refractivity contribution in [2.75, 3.05) is 26.7 Å². The number of likely N-dealkylation sites (tertiary alicyclic amines) is 1. The Kier molecular flexibility index (Phi) is 4.01. The summed E-state index contributed by atoms with van der Waals surface area (Å²) < 4.78 is 1.78. The number of hydrogen-bond donors (Lipinski definition) is 1. The number of nitrogens with one attached hydrogen (secondary N) is 1. The van der Waals surface area contributed by atoms with E-state index in [-0.39, 0.29) is 5.91 Å². The molecule has 1 atom stereocenters. The Labute approximate surface area is 124 Å². The SMILES string of the molecule is CNCC1CCN(C(=O)c2ccc(-n3cccn3)cc2)C1. The van der Waals surface area contributed by atoms with E-state index in [2.05, 4.69) is 10.4 Å². The molecule has 1 aliphatic rings. The van der Waals surface area contributed by atoms with Crippen LogP contribution in [-0.2, 0) is 0 Å². The molecule has 0 aliphatic carbocycles. The Bertz CT molecular complexity index is 591. The quantitative estimate of drug-likeness (QED) is 0.927. The molecular weight excluding hydrogens is 264 g/mol. The summed E-state index contributed by atoms with van der Waals surface area (Å²) in [7, 11) is 1.96. The van der Waals surface area contributed by atoms with E-state index in [1.165, 1.54) is 0 Å². The second-order valence-corrected chi connectivity index (χ2v) is 5.46. The van der Waals surface area contributed by atoms with Gasteiger partial charge < -0.3 is 10.2 Å². The maximum Gasteiger partial charge on any atom is 0.253 e. The maximum absolute atomic E-state index is 12.5. The van der Waals surface area contributed by atoms with E-state index < -0.39 is 0 Å². The molecule has 1 aromatic heterocycles. The van der Waals surface area contributed by atoms with Crippen molar-refractivity contribution in [3.8, 4) is 5.69 Å². The van der Waals surface area contributed by atoms with Crippen molar-refractivity contribution in [1.82, 2.24) is 20.0 Å². The smallest absolute Gasteiger partial charge is 0.253 e. The molecule has 0 spiro atoms. The van der Waals surface area contributed by atoms with E-state index in [0.717, 1.165) is 37.3 Å². The fourth-order valence-electron chi connectivity index (χ4n) is 2.83. The van der Waals surface area contributed by atoms with Gasteiger partial charge in [-0.2, -0.15) is 5.10 Å². The largest absolute Gasteiger partial charge is 0.338 e. The highest BCUT2D eigenvalue weighted by molar-refractivity contribution is 5.94. The summed E-state index contributed by atoms with van der Waals surface area (Å²) in [5, 5.41) is 7.37. The molecular formula is C16H20N4O. The summed E-state index contributed by atoms with van der Waals surface area (Å²) >= 11 is 0. The number of nitrogens with zero attached hydrogens (tertiary/aromatic N) is 3. The van der Waals surface area contributed by atoms with Crippen molar-refractivity contribution >= 4 is 5.91 Å². The van der Waals surface area contributed by atoms with Crippen molar-refractivity contribution in [3.05, 3.63) is 48.3 Å². The van der Waals surface area contributed by atoms with Crippen LogP contribution in [0.25, 0.3) is 5.69 Å². The van der Waals surface area contributed by atoms with Crippen LogP contribution in [0.3, 0.4) is 0 Å². The molecule has 0 radical (unpaired) electrons. The molecule has 1 aromatic carbocycles. The van der Waals surface area contributed by atoms with Crippen LogP contribution in [0.15, 0.2) is 42.7 Å². The van der Waals surface area contributed by atoms with Crippen molar-refractivity contribution in [3.63, 3.8) is 0 Å². The highest BCUT2D eigenvalue weighted by Crippen LogP contribution is 2.19. The molecule has 110 valence electrons. The summed E-state index contributed by atoms with van der Waals surface area (Å²) in [6.07, 6.45) is 4.71. The molecule has 1 N–H and O–H groups in total. The minimum atomic E-state index is 0.126. The van der Waals surface area contributed by atoms with Gasteiger partial charge in [0.1, 0.15) is 0 Å². The summed E-state index contributed by atoms with van der Waals surface area (Å²) in [6.45, 7) is 2.68. The lowest BCUT2D eigenvalue weighted by molar-refractivity contribution is 0.0787. The highest BCUT2D eigenvalue weighted by Gasteiger charge is 2.26. The average molecular weight is 284 g/mol. The van der Waals surface area contributed by atoms with Gasteiger partial charge in [0.15, 0.2) is 0 Å². The van der Waals surface area contributed by atoms with Crippen LogP contribution >= 0.6 is 0 Å². The second kappa shape index (κ2) is 6.10. The first-order chi connectivity index (χ1) is 10.3. The first kappa shape index (κ1) is 13.8. The molecule has 5 heteroatoms. The van der Waals surface area contributed by atoms with E-state index >= 15 is 0 Å². The molecule has 1 unspecified atom stereocenters. The van der Waals surface area contributed by atoms with Gasteiger partial charge in [-0.25, -0.2) is 4.68 Å². The lowest BCUT2D eigenvalue weighted by atomic mass is 10.1. The van der Waals surface area contributed by atoms with Gasteiger partial charge in [-0.15, -0.1) is 0 Å². The van der Waals surface area contributed by atoms with Gasteiger partial charge in [0.25, 0.3) is 5.91 Å². The molecule has 2 heterocycles. The van der Waals surface area contributed by atoms with Gasteiger partial charge in [0.05, 0.1) is 5.69 Å². The lowest BCUT2D eigenvalue weighted by Crippen LogP contribution is -2.30. The zero-order chi connectivity index (χ0) is 14.7. The standard InChI is InChI=1S/C16H20N4O/c1-17-11-13-7-10-19(12-13)16(21)14-3-5-15(6-4-14)20-9-2-8-18-20/h2-6,8-9,13,17H,7,10-12H2,1H3. The Morgan fingerprint density at radius 3 is 2.86 bits per heavy atom. The first-order valence-corrected chi connectivity index (χ1v) is 7.32. The van der Waals surface area contributed by atoms with Gasteiger partial charge in [-0.3, -0.25) is 4.79 Å². The van der Waals surface area contributed by atoms with E-state index in [1.54, 1.807) is 10.9 Å². The molecule has 1 fully saturated rings. The third-order valence-corrected chi connectivity index (χ3v) is 3.95. The Morgan fingerprint density at radius 2 is 2.19 bits per heavy atom. The molecule has 1 aliphatic heterocycles. The van der Waals surface area contributed by atoms with Gasteiger partial charge >= 0.3 is 0 Å². The second-order valence-electron chi connectivity index (χ2n) is 5.46. The lowest BCUT2D eigenvalue weighted by Gasteiger charge is -2.16. The molecule has 2 aromatic rings. The van der Waals surface area contributed by atoms with Crippen molar-refractivity contribution < 1.29 is 4.79 Å². The van der Waals surface area contributed by atoms with Crippen LogP contribution in [0.5, 0.6) is 0 Å². The van der Waals surface area contributed by atoms with Gasteiger partial charge in [0, 0.05) is 31.0 Å².